The lowest BCUT2D eigenvalue weighted by Crippen LogP contribution is -2.51. The molecule has 1 N–H and O–H groups in total. The van der Waals surface area contributed by atoms with Crippen molar-refractivity contribution in [3.63, 3.8) is 0 Å². The van der Waals surface area contributed by atoms with E-state index in [4.69, 9.17) is 0 Å². The Balaban J connectivity index is 1.78. The molecule has 100 valence electrons. The van der Waals surface area contributed by atoms with Crippen molar-refractivity contribution < 1.29 is 5.11 Å². The van der Waals surface area contributed by atoms with Crippen LogP contribution < -0.4 is 0 Å². The van der Waals surface area contributed by atoms with Gasteiger partial charge < -0.3 is 5.11 Å². The number of hydrogen-bond acceptors (Lipinski definition) is 2. The summed E-state index contributed by atoms with van der Waals surface area (Å²) < 4.78 is 0. The molecule has 0 aromatic carbocycles. The molecular weight excluding hydrogens is 210 g/mol. The fraction of sp³-hybridized carbons (Fsp3) is 1.00. The molecule has 1 unspecified atom stereocenters. The molecule has 0 spiro atoms. The van der Waals surface area contributed by atoms with Gasteiger partial charge in [-0.15, -0.1) is 0 Å². The van der Waals surface area contributed by atoms with Crippen LogP contribution in [0.3, 0.4) is 0 Å². The van der Waals surface area contributed by atoms with Crippen LogP contribution in [-0.4, -0.2) is 34.7 Å². The van der Waals surface area contributed by atoms with Gasteiger partial charge in [0, 0.05) is 5.54 Å². The molecule has 0 aromatic heterocycles. The number of likely N-dealkylation sites (tertiary alicyclic amines) is 1. The van der Waals surface area contributed by atoms with E-state index in [9.17, 15) is 5.11 Å². The Labute approximate surface area is 106 Å². The van der Waals surface area contributed by atoms with Crippen molar-refractivity contribution in [1.82, 2.24) is 4.90 Å². The van der Waals surface area contributed by atoms with Crippen LogP contribution in [0.4, 0.5) is 0 Å². The Morgan fingerprint density at radius 1 is 1.12 bits per heavy atom. The van der Waals surface area contributed by atoms with Gasteiger partial charge in [-0.2, -0.15) is 0 Å². The third kappa shape index (κ3) is 3.23. The Bertz CT molecular complexity index is 227. The molecule has 1 aliphatic carbocycles. The van der Waals surface area contributed by atoms with Crippen molar-refractivity contribution in [2.24, 2.45) is 5.92 Å². The van der Waals surface area contributed by atoms with Gasteiger partial charge in [-0.25, -0.2) is 0 Å². The molecular formula is C15H29NO. The lowest BCUT2D eigenvalue weighted by Gasteiger charge is -2.39. The van der Waals surface area contributed by atoms with Gasteiger partial charge in [0.25, 0.3) is 0 Å². The fourth-order valence-corrected chi connectivity index (χ4v) is 3.55. The maximum atomic E-state index is 10.5. The van der Waals surface area contributed by atoms with E-state index in [0.29, 0.717) is 0 Å². The van der Waals surface area contributed by atoms with Gasteiger partial charge in [-0.05, 0) is 58.5 Å². The summed E-state index contributed by atoms with van der Waals surface area (Å²) >= 11 is 0. The summed E-state index contributed by atoms with van der Waals surface area (Å²) in [6.07, 6.45) is 10.3. The van der Waals surface area contributed by atoms with E-state index in [1.165, 1.54) is 58.0 Å². The summed E-state index contributed by atoms with van der Waals surface area (Å²) in [5.41, 5.74) is -0.0187. The van der Waals surface area contributed by atoms with Gasteiger partial charge >= 0.3 is 0 Å². The van der Waals surface area contributed by atoms with Crippen molar-refractivity contribution in [1.29, 1.82) is 0 Å². The summed E-state index contributed by atoms with van der Waals surface area (Å²) in [5.74, 6) is 0.902. The minimum absolute atomic E-state index is 0.0187. The van der Waals surface area contributed by atoms with Crippen LogP contribution in [0.15, 0.2) is 0 Å². The first-order valence-corrected chi connectivity index (χ1v) is 7.54. The molecule has 2 nitrogen and oxygen atoms in total. The molecule has 0 bridgehead atoms. The first-order chi connectivity index (χ1) is 8.10. The average Bonchev–Trinajstić information content (AvgIpc) is 2.98. The van der Waals surface area contributed by atoms with Crippen molar-refractivity contribution >= 4 is 0 Å². The molecule has 1 atom stereocenters. The van der Waals surface area contributed by atoms with Crippen LogP contribution in [0.2, 0.25) is 0 Å². The molecule has 1 aliphatic heterocycles. The number of rotatable bonds is 5. The van der Waals surface area contributed by atoms with E-state index >= 15 is 0 Å². The van der Waals surface area contributed by atoms with Gasteiger partial charge in [-0.1, -0.05) is 25.7 Å². The summed E-state index contributed by atoms with van der Waals surface area (Å²) in [6.45, 7) is 6.79. The van der Waals surface area contributed by atoms with Crippen LogP contribution >= 0.6 is 0 Å². The second-order valence-electron chi connectivity index (χ2n) is 6.59. The molecule has 1 heterocycles. The number of aliphatic hydroxyl groups is 1. The quantitative estimate of drug-likeness (QED) is 0.796. The number of nitrogens with zero attached hydrogens (tertiary/aromatic N) is 1. The van der Waals surface area contributed by atoms with Crippen LogP contribution in [0.1, 0.15) is 65.2 Å². The molecule has 0 radical (unpaired) electrons. The fourth-order valence-electron chi connectivity index (χ4n) is 3.55. The predicted molar refractivity (Wildman–Crippen MR) is 72.1 cm³/mol. The highest BCUT2D eigenvalue weighted by molar-refractivity contribution is 4.91. The lowest BCUT2D eigenvalue weighted by atomic mass is 9.88. The van der Waals surface area contributed by atoms with Gasteiger partial charge in [0.2, 0.25) is 0 Å². The molecule has 2 heteroatoms. The van der Waals surface area contributed by atoms with Gasteiger partial charge in [0.05, 0.1) is 6.10 Å². The van der Waals surface area contributed by atoms with E-state index in [0.717, 1.165) is 12.3 Å². The summed E-state index contributed by atoms with van der Waals surface area (Å²) in [6, 6.07) is 0. The van der Waals surface area contributed by atoms with Crippen molar-refractivity contribution in [2.75, 3.05) is 13.1 Å². The third-order valence-corrected chi connectivity index (χ3v) is 5.06. The second-order valence-corrected chi connectivity index (χ2v) is 6.59. The first kappa shape index (κ1) is 13.4. The van der Waals surface area contributed by atoms with E-state index < -0.39 is 0 Å². The van der Waals surface area contributed by atoms with Gasteiger partial charge in [0.1, 0.15) is 0 Å². The topological polar surface area (TPSA) is 23.5 Å². The normalized spacial score (nSPS) is 25.6. The van der Waals surface area contributed by atoms with Crippen LogP contribution in [-0.2, 0) is 0 Å². The molecule has 1 saturated heterocycles. The van der Waals surface area contributed by atoms with E-state index in [2.05, 4.69) is 18.7 Å². The maximum absolute atomic E-state index is 10.5. The highest BCUT2D eigenvalue weighted by Crippen LogP contribution is 2.32. The monoisotopic (exact) mass is 239 g/mol. The SMILES string of the molecule is CC(C)(C(O)CCC1CCCC1)N1CCCC1. The molecule has 0 aromatic rings. The lowest BCUT2D eigenvalue weighted by molar-refractivity contribution is -0.00509. The maximum Gasteiger partial charge on any atom is 0.0718 e. The molecule has 17 heavy (non-hydrogen) atoms. The Kier molecular flexibility index (Phi) is 4.48. The van der Waals surface area contributed by atoms with Gasteiger partial charge in [0.15, 0.2) is 0 Å². The smallest absolute Gasteiger partial charge is 0.0718 e. The average molecular weight is 239 g/mol. The van der Waals surface area contributed by atoms with E-state index in [-0.39, 0.29) is 11.6 Å². The van der Waals surface area contributed by atoms with E-state index in [1.807, 2.05) is 0 Å². The molecule has 2 rings (SSSR count). The largest absolute Gasteiger partial charge is 0.391 e. The van der Waals surface area contributed by atoms with Gasteiger partial charge in [-0.3, -0.25) is 4.90 Å². The Morgan fingerprint density at radius 3 is 2.29 bits per heavy atom. The number of hydrogen-bond donors (Lipinski definition) is 1. The second kappa shape index (κ2) is 5.71. The minimum atomic E-state index is -0.152. The van der Waals surface area contributed by atoms with Crippen molar-refractivity contribution in [3.8, 4) is 0 Å². The van der Waals surface area contributed by atoms with Crippen molar-refractivity contribution in [2.45, 2.75) is 76.9 Å². The van der Waals surface area contributed by atoms with Crippen LogP contribution in [0, 0.1) is 5.92 Å². The highest BCUT2D eigenvalue weighted by Gasteiger charge is 2.35. The van der Waals surface area contributed by atoms with Crippen LogP contribution in [0.25, 0.3) is 0 Å². The first-order valence-electron chi connectivity index (χ1n) is 7.54. The third-order valence-electron chi connectivity index (χ3n) is 5.06. The van der Waals surface area contributed by atoms with Crippen molar-refractivity contribution in [3.05, 3.63) is 0 Å². The summed E-state index contributed by atoms with van der Waals surface area (Å²) in [5, 5.41) is 10.5. The molecule has 2 aliphatic rings. The standard InChI is InChI=1S/C15H29NO/c1-15(2,16-11-5-6-12-16)14(17)10-9-13-7-3-4-8-13/h13-14,17H,3-12H2,1-2H3. The van der Waals surface area contributed by atoms with Crippen LogP contribution in [0.5, 0.6) is 0 Å². The molecule has 0 amide bonds. The number of aliphatic hydroxyl groups excluding tert-OH is 1. The minimum Gasteiger partial charge on any atom is -0.391 e. The predicted octanol–water partition coefficient (Wildman–Crippen LogP) is 3.19. The molecule has 2 fully saturated rings. The molecule has 1 saturated carbocycles. The zero-order valence-electron chi connectivity index (χ0n) is 11.6. The zero-order valence-corrected chi connectivity index (χ0v) is 11.6. The Hall–Kier alpha value is -0.0800. The highest BCUT2D eigenvalue weighted by atomic mass is 16.3. The summed E-state index contributed by atoms with van der Waals surface area (Å²) in [7, 11) is 0. The summed E-state index contributed by atoms with van der Waals surface area (Å²) in [4.78, 5) is 2.48. The Morgan fingerprint density at radius 2 is 1.71 bits per heavy atom. The zero-order chi connectivity index (χ0) is 12.3. The van der Waals surface area contributed by atoms with E-state index in [1.54, 1.807) is 0 Å².